The summed E-state index contributed by atoms with van der Waals surface area (Å²) in [5.74, 6) is -0.417. The third kappa shape index (κ3) is 4.42. The van der Waals surface area contributed by atoms with Crippen LogP contribution < -0.4 is 5.32 Å². The molecule has 198 valence electrons. The quantitative estimate of drug-likeness (QED) is 0.518. The van der Waals surface area contributed by atoms with Crippen LogP contribution in [-0.2, 0) is 27.9 Å². The smallest absolute Gasteiger partial charge is 0.364 e. The first-order chi connectivity index (χ1) is 17.4. The molecule has 1 aromatic carbocycles. The van der Waals surface area contributed by atoms with Crippen LogP contribution in [0, 0.1) is 12.7 Å². The van der Waals surface area contributed by atoms with Crippen molar-refractivity contribution in [1.82, 2.24) is 24.3 Å². The predicted molar refractivity (Wildman–Crippen MR) is 128 cm³/mol. The molecule has 2 aliphatic heterocycles. The number of likely N-dealkylation sites (N-methyl/N-ethyl adjacent to an activating group) is 1. The number of nitrogens with zero attached hydrogens (tertiary/aromatic N) is 5. The topological polar surface area (TPSA) is 75.5 Å². The van der Waals surface area contributed by atoms with Crippen molar-refractivity contribution >= 4 is 22.8 Å². The van der Waals surface area contributed by atoms with Gasteiger partial charge in [-0.1, -0.05) is 12.1 Å². The van der Waals surface area contributed by atoms with Gasteiger partial charge < -0.3 is 19.5 Å². The largest absolute Gasteiger partial charge is 0.419 e. The molecule has 8 nitrogen and oxygen atoms in total. The minimum Gasteiger partial charge on any atom is -0.364 e. The number of fused-ring (bicyclic) bond motifs is 4. The van der Waals surface area contributed by atoms with Gasteiger partial charge in [0, 0.05) is 39.3 Å². The summed E-state index contributed by atoms with van der Waals surface area (Å²) in [5, 5.41) is 3.78. The predicted octanol–water partition coefficient (Wildman–Crippen LogP) is 3.70. The van der Waals surface area contributed by atoms with Crippen molar-refractivity contribution < 1.29 is 27.1 Å². The number of carbonyl (C=O) groups is 1. The molecule has 1 fully saturated rings. The zero-order valence-electron chi connectivity index (χ0n) is 21.0. The molecule has 0 radical (unpaired) electrons. The maximum atomic E-state index is 14.8. The third-order valence-corrected chi connectivity index (χ3v) is 6.99. The number of nitrogens with one attached hydrogen (secondary N) is 1. The second kappa shape index (κ2) is 8.95. The number of amides is 1. The van der Waals surface area contributed by atoms with Gasteiger partial charge in [-0.3, -0.25) is 9.69 Å². The van der Waals surface area contributed by atoms with Crippen LogP contribution in [0.5, 0.6) is 0 Å². The fourth-order valence-electron chi connectivity index (χ4n) is 5.11. The number of ether oxygens (including phenoxy) is 1. The van der Waals surface area contributed by atoms with Crippen molar-refractivity contribution in [1.29, 1.82) is 0 Å². The second-order valence-electron chi connectivity index (χ2n) is 9.89. The van der Waals surface area contributed by atoms with E-state index >= 15 is 0 Å². The highest BCUT2D eigenvalue weighted by atomic mass is 19.4. The van der Waals surface area contributed by atoms with Gasteiger partial charge in [0.05, 0.1) is 35.8 Å². The fourth-order valence-corrected chi connectivity index (χ4v) is 5.11. The van der Waals surface area contributed by atoms with Crippen molar-refractivity contribution in [3.05, 3.63) is 52.7 Å². The van der Waals surface area contributed by atoms with Crippen molar-refractivity contribution in [2.75, 3.05) is 45.7 Å². The lowest BCUT2D eigenvalue weighted by Crippen LogP contribution is -2.64. The van der Waals surface area contributed by atoms with E-state index in [0.29, 0.717) is 55.5 Å². The van der Waals surface area contributed by atoms with E-state index in [4.69, 9.17) is 4.74 Å². The van der Waals surface area contributed by atoms with Gasteiger partial charge in [-0.2, -0.15) is 13.2 Å². The molecule has 2 aliphatic rings. The lowest BCUT2D eigenvalue weighted by atomic mass is 9.88. The molecule has 1 spiro atoms. The molecule has 0 bridgehead atoms. The molecule has 5 rings (SSSR count). The van der Waals surface area contributed by atoms with Crippen LogP contribution in [0.4, 0.5) is 23.4 Å². The SMILES string of the molecule is Cc1nc(N[C@H](C)c2cccc(C(F)(F)F)c2F)c2cc3n(c2n1)CCOC31CN(CC(=O)N(C)C)C1. The first kappa shape index (κ1) is 25.4. The van der Waals surface area contributed by atoms with E-state index in [-0.39, 0.29) is 11.5 Å². The third-order valence-electron chi connectivity index (χ3n) is 6.99. The van der Waals surface area contributed by atoms with E-state index in [9.17, 15) is 22.4 Å². The van der Waals surface area contributed by atoms with Crippen LogP contribution in [0.2, 0.25) is 0 Å². The van der Waals surface area contributed by atoms with Crippen LogP contribution in [0.25, 0.3) is 11.0 Å². The average molecular weight is 521 g/mol. The number of aryl methyl sites for hydroxylation is 1. The maximum absolute atomic E-state index is 14.8. The molecule has 4 heterocycles. The van der Waals surface area contributed by atoms with Crippen LogP contribution in [0.3, 0.4) is 0 Å². The molecule has 2 aromatic heterocycles. The second-order valence-corrected chi connectivity index (χ2v) is 9.89. The van der Waals surface area contributed by atoms with Crippen molar-refractivity contribution in [2.24, 2.45) is 0 Å². The normalized spacial score (nSPS) is 17.9. The molecule has 12 heteroatoms. The Morgan fingerprint density at radius 1 is 1.27 bits per heavy atom. The lowest BCUT2D eigenvalue weighted by molar-refractivity contribution is -0.173. The number of likely N-dealkylation sites (tertiary alicyclic amines) is 1. The van der Waals surface area contributed by atoms with E-state index in [1.54, 1.807) is 32.8 Å². The molecule has 0 aliphatic carbocycles. The fraction of sp³-hybridized carbons (Fsp3) is 0.480. The average Bonchev–Trinajstić information content (AvgIpc) is 3.17. The van der Waals surface area contributed by atoms with Gasteiger partial charge in [-0.05, 0) is 26.0 Å². The Bertz CT molecular complexity index is 1360. The lowest BCUT2D eigenvalue weighted by Gasteiger charge is -2.51. The number of alkyl halides is 3. The summed E-state index contributed by atoms with van der Waals surface area (Å²) in [7, 11) is 3.43. The summed E-state index contributed by atoms with van der Waals surface area (Å²) >= 11 is 0. The van der Waals surface area contributed by atoms with Gasteiger partial charge >= 0.3 is 6.18 Å². The minimum atomic E-state index is -4.79. The highest BCUT2D eigenvalue weighted by Crippen LogP contribution is 2.42. The number of rotatable bonds is 5. The van der Waals surface area contributed by atoms with Gasteiger partial charge in [0.2, 0.25) is 5.91 Å². The first-order valence-electron chi connectivity index (χ1n) is 12.0. The van der Waals surface area contributed by atoms with Crippen molar-refractivity contribution in [3.8, 4) is 0 Å². The monoisotopic (exact) mass is 520 g/mol. The number of benzene rings is 1. The summed E-state index contributed by atoms with van der Waals surface area (Å²) in [5.41, 5.74) is -0.419. The number of anilines is 1. The molecule has 1 amide bonds. The molecule has 1 saturated heterocycles. The summed E-state index contributed by atoms with van der Waals surface area (Å²) < 4.78 is 62.8. The molecule has 1 N–H and O–H groups in total. The van der Waals surface area contributed by atoms with Gasteiger partial charge in [-0.15, -0.1) is 0 Å². The molecule has 0 saturated carbocycles. The zero-order valence-corrected chi connectivity index (χ0v) is 21.0. The number of aromatic nitrogens is 3. The molecule has 0 unspecified atom stereocenters. The summed E-state index contributed by atoms with van der Waals surface area (Å²) in [6.45, 7) is 5.76. The Morgan fingerprint density at radius 2 is 2.00 bits per heavy atom. The van der Waals surface area contributed by atoms with Crippen LogP contribution in [0.1, 0.15) is 35.6 Å². The number of carbonyl (C=O) groups excluding carboxylic acids is 1. The minimum absolute atomic E-state index is 0.00925. The molecular formula is C25H28F4N6O2. The summed E-state index contributed by atoms with van der Waals surface area (Å²) in [6.07, 6.45) is -4.79. The molecule has 37 heavy (non-hydrogen) atoms. The molecule has 1 atom stereocenters. The standard InChI is InChI=1S/C25H28F4N6O2/c1-14(16-6-5-7-18(21(16)26)25(27,28)29)30-22-17-10-19-24(12-34(13-24)11-20(36)33(3)4)37-9-8-35(19)23(17)32-15(2)31-22/h5-7,10,14H,8-9,11-13H2,1-4H3,(H,30,31,32)/t14-/m1/s1. The van der Waals surface area contributed by atoms with E-state index in [0.717, 1.165) is 11.8 Å². The maximum Gasteiger partial charge on any atom is 0.419 e. The van der Waals surface area contributed by atoms with Gasteiger partial charge in [0.25, 0.3) is 0 Å². The van der Waals surface area contributed by atoms with Crippen LogP contribution in [0.15, 0.2) is 24.3 Å². The number of halogens is 4. The Balaban J connectivity index is 1.47. The number of hydrogen-bond acceptors (Lipinski definition) is 6. The Hall–Kier alpha value is -3.25. The summed E-state index contributed by atoms with van der Waals surface area (Å²) in [4.78, 5) is 24.8. The van der Waals surface area contributed by atoms with Crippen LogP contribution >= 0.6 is 0 Å². The van der Waals surface area contributed by atoms with E-state index < -0.39 is 29.2 Å². The Morgan fingerprint density at radius 3 is 2.68 bits per heavy atom. The van der Waals surface area contributed by atoms with Crippen molar-refractivity contribution in [2.45, 2.75) is 38.2 Å². The van der Waals surface area contributed by atoms with E-state index in [2.05, 4.69) is 19.9 Å². The van der Waals surface area contributed by atoms with Crippen LogP contribution in [-0.4, -0.2) is 70.6 Å². The highest BCUT2D eigenvalue weighted by Gasteiger charge is 2.50. The van der Waals surface area contributed by atoms with E-state index in [1.165, 1.54) is 12.1 Å². The first-order valence-corrected chi connectivity index (χ1v) is 12.0. The van der Waals surface area contributed by atoms with Crippen molar-refractivity contribution in [3.63, 3.8) is 0 Å². The zero-order chi connectivity index (χ0) is 26.7. The summed E-state index contributed by atoms with van der Waals surface area (Å²) in [6, 6.07) is 4.39. The number of hydrogen-bond donors (Lipinski definition) is 1. The van der Waals surface area contributed by atoms with Gasteiger partial charge in [0.1, 0.15) is 28.7 Å². The van der Waals surface area contributed by atoms with Gasteiger partial charge in [0.15, 0.2) is 0 Å². The Kier molecular flexibility index (Phi) is 6.14. The van der Waals surface area contributed by atoms with Gasteiger partial charge in [-0.25, -0.2) is 14.4 Å². The molecule has 3 aromatic rings. The Labute approximate surface area is 211 Å². The van der Waals surface area contributed by atoms with E-state index in [1.807, 2.05) is 11.0 Å². The highest BCUT2D eigenvalue weighted by molar-refractivity contribution is 5.89. The molecular weight excluding hydrogens is 492 g/mol.